The molecule has 1 aliphatic rings. The van der Waals surface area contributed by atoms with Crippen LogP contribution < -0.4 is 11.1 Å². The molecule has 0 radical (unpaired) electrons. The second-order valence-electron chi connectivity index (χ2n) is 4.39. The van der Waals surface area contributed by atoms with Crippen molar-refractivity contribution in [2.75, 3.05) is 19.6 Å². The molecule has 88 valence electrons. The fourth-order valence-corrected chi connectivity index (χ4v) is 2.63. The summed E-state index contributed by atoms with van der Waals surface area (Å²) in [6.45, 7) is 2.63. The molecule has 4 heteroatoms. The summed E-state index contributed by atoms with van der Waals surface area (Å²) in [5.74, 6) is 0. The van der Waals surface area contributed by atoms with Crippen molar-refractivity contribution < 1.29 is 0 Å². The summed E-state index contributed by atoms with van der Waals surface area (Å²) in [6.07, 6.45) is 2.26. The third-order valence-corrected chi connectivity index (χ3v) is 4.13. The van der Waals surface area contributed by atoms with Gasteiger partial charge in [0.1, 0.15) is 0 Å². The first kappa shape index (κ1) is 12.2. The van der Waals surface area contributed by atoms with Crippen molar-refractivity contribution in [1.29, 1.82) is 0 Å². The molecule has 16 heavy (non-hydrogen) atoms. The molecule has 1 fully saturated rings. The van der Waals surface area contributed by atoms with Crippen molar-refractivity contribution in [3.8, 4) is 0 Å². The first-order valence-corrected chi connectivity index (χ1v) is 6.30. The third kappa shape index (κ3) is 2.21. The summed E-state index contributed by atoms with van der Waals surface area (Å²) in [7, 11) is 0. The molecule has 1 heterocycles. The monoisotopic (exact) mass is 258 g/mol. The fourth-order valence-electron chi connectivity index (χ4n) is 2.33. The van der Waals surface area contributed by atoms with Gasteiger partial charge in [-0.1, -0.05) is 29.3 Å². The lowest BCUT2D eigenvalue weighted by Gasteiger charge is -2.37. The second kappa shape index (κ2) is 4.92. The van der Waals surface area contributed by atoms with E-state index in [4.69, 9.17) is 28.9 Å². The number of hydrogen-bond acceptors (Lipinski definition) is 2. The fraction of sp³-hybridized carbons (Fsp3) is 0.500. The van der Waals surface area contributed by atoms with E-state index < -0.39 is 0 Å². The highest BCUT2D eigenvalue weighted by Gasteiger charge is 2.32. The van der Waals surface area contributed by atoms with Crippen molar-refractivity contribution in [1.82, 2.24) is 5.32 Å². The molecule has 1 atom stereocenters. The number of piperidine rings is 1. The predicted octanol–water partition coefficient (Wildman–Crippen LogP) is 2.57. The molecule has 2 rings (SSSR count). The van der Waals surface area contributed by atoms with Crippen LogP contribution >= 0.6 is 23.2 Å². The van der Waals surface area contributed by atoms with Crippen LogP contribution in [0.2, 0.25) is 10.0 Å². The number of rotatable bonds is 2. The van der Waals surface area contributed by atoms with Crippen LogP contribution in [0.3, 0.4) is 0 Å². The molecule has 1 aromatic rings. The zero-order valence-electron chi connectivity index (χ0n) is 9.10. The molecule has 0 saturated carbocycles. The van der Waals surface area contributed by atoms with Gasteiger partial charge in [0, 0.05) is 18.5 Å². The first-order valence-electron chi connectivity index (χ1n) is 5.54. The first-order chi connectivity index (χ1) is 7.68. The molecule has 3 N–H and O–H groups in total. The zero-order chi connectivity index (χ0) is 11.6. The van der Waals surface area contributed by atoms with E-state index in [0.717, 1.165) is 25.9 Å². The lowest BCUT2D eigenvalue weighted by atomic mass is 9.75. The average molecular weight is 259 g/mol. The molecule has 1 saturated heterocycles. The molecule has 0 aromatic heterocycles. The lowest BCUT2D eigenvalue weighted by Crippen LogP contribution is -2.48. The molecule has 0 amide bonds. The van der Waals surface area contributed by atoms with Crippen LogP contribution in [-0.2, 0) is 5.41 Å². The van der Waals surface area contributed by atoms with Crippen LogP contribution in [0.1, 0.15) is 18.4 Å². The van der Waals surface area contributed by atoms with Crippen molar-refractivity contribution in [2.45, 2.75) is 18.3 Å². The van der Waals surface area contributed by atoms with E-state index in [9.17, 15) is 0 Å². The minimum Gasteiger partial charge on any atom is -0.330 e. The third-order valence-electron chi connectivity index (χ3n) is 3.39. The molecule has 1 aliphatic heterocycles. The molecule has 0 bridgehead atoms. The zero-order valence-corrected chi connectivity index (χ0v) is 10.6. The van der Waals surface area contributed by atoms with Gasteiger partial charge in [0.05, 0.1) is 10.0 Å². The average Bonchev–Trinajstić information content (AvgIpc) is 2.33. The quantitative estimate of drug-likeness (QED) is 0.856. The smallest absolute Gasteiger partial charge is 0.0595 e. The van der Waals surface area contributed by atoms with E-state index in [1.54, 1.807) is 0 Å². The van der Waals surface area contributed by atoms with Crippen LogP contribution in [0.5, 0.6) is 0 Å². The summed E-state index contributed by atoms with van der Waals surface area (Å²) in [6, 6.07) is 5.84. The largest absolute Gasteiger partial charge is 0.330 e. The van der Waals surface area contributed by atoms with Gasteiger partial charge in [0.25, 0.3) is 0 Å². The summed E-state index contributed by atoms with van der Waals surface area (Å²) in [4.78, 5) is 0. The lowest BCUT2D eigenvalue weighted by molar-refractivity contribution is 0.320. The van der Waals surface area contributed by atoms with Crippen molar-refractivity contribution >= 4 is 23.2 Å². The SMILES string of the molecule is NC[C@]1(c2ccc(Cl)c(Cl)c2)CCCNC1. The number of nitrogens with one attached hydrogen (secondary N) is 1. The normalized spacial score (nSPS) is 25.7. The minimum absolute atomic E-state index is 0.0203. The number of hydrogen-bond donors (Lipinski definition) is 2. The molecular formula is C12H16Cl2N2. The molecular weight excluding hydrogens is 243 g/mol. The summed E-state index contributed by atoms with van der Waals surface area (Å²) in [5, 5.41) is 4.61. The van der Waals surface area contributed by atoms with Crippen molar-refractivity contribution in [3.63, 3.8) is 0 Å². The molecule has 1 aromatic carbocycles. The van der Waals surface area contributed by atoms with Crippen LogP contribution in [-0.4, -0.2) is 19.6 Å². The van der Waals surface area contributed by atoms with Crippen LogP contribution in [0.4, 0.5) is 0 Å². The Morgan fingerprint density at radius 3 is 2.69 bits per heavy atom. The van der Waals surface area contributed by atoms with E-state index >= 15 is 0 Å². The summed E-state index contributed by atoms with van der Waals surface area (Å²) >= 11 is 12.0. The van der Waals surface area contributed by atoms with Crippen molar-refractivity contribution in [3.05, 3.63) is 33.8 Å². The van der Waals surface area contributed by atoms with Gasteiger partial charge in [0.15, 0.2) is 0 Å². The topological polar surface area (TPSA) is 38.0 Å². The van der Waals surface area contributed by atoms with Crippen molar-refractivity contribution in [2.24, 2.45) is 5.73 Å². The van der Waals surface area contributed by atoms with Gasteiger partial charge in [-0.3, -0.25) is 0 Å². The maximum atomic E-state index is 6.06. The van der Waals surface area contributed by atoms with Gasteiger partial charge < -0.3 is 11.1 Å². The van der Waals surface area contributed by atoms with Gasteiger partial charge in [-0.15, -0.1) is 0 Å². The molecule has 0 unspecified atom stereocenters. The Bertz CT molecular complexity index is 373. The highest BCUT2D eigenvalue weighted by Crippen LogP contribution is 2.33. The number of nitrogens with two attached hydrogens (primary N) is 1. The Balaban J connectivity index is 2.35. The molecule has 2 nitrogen and oxygen atoms in total. The second-order valence-corrected chi connectivity index (χ2v) is 5.21. The van der Waals surface area contributed by atoms with Gasteiger partial charge in [0.2, 0.25) is 0 Å². The Kier molecular flexibility index (Phi) is 3.75. The Morgan fingerprint density at radius 2 is 2.12 bits per heavy atom. The van der Waals surface area contributed by atoms with Gasteiger partial charge in [-0.2, -0.15) is 0 Å². The number of halogens is 2. The van der Waals surface area contributed by atoms with Gasteiger partial charge in [-0.05, 0) is 37.1 Å². The van der Waals surface area contributed by atoms with Crippen LogP contribution in [0.25, 0.3) is 0 Å². The Labute approximate surface area is 106 Å². The van der Waals surface area contributed by atoms with Gasteiger partial charge in [-0.25, -0.2) is 0 Å². The van der Waals surface area contributed by atoms with Crippen LogP contribution in [0, 0.1) is 0 Å². The Hall–Kier alpha value is -0.280. The highest BCUT2D eigenvalue weighted by atomic mass is 35.5. The number of benzene rings is 1. The highest BCUT2D eigenvalue weighted by molar-refractivity contribution is 6.42. The van der Waals surface area contributed by atoms with E-state index in [2.05, 4.69) is 5.32 Å². The Morgan fingerprint density at radius 1 is 1.31 bits per heavy atom. The molecule has 0 aliphatic carbocycles. The molecule has 0 spiro atoms. The van der Waals surface area contributed by atoms with E-state index in [1.165, 1.54) is 5.56 Å². The van der Waals surface area contributed by atoms with E-state index in [-0.39, 0.29) is 5.41 Å². The maximum absolute atomic E-state index is 6.06. The minimum atomic E-state index is 0.0203. The summed E-state index contributed by atoms with van der Waals surface area (Å²) < 4.78 is 0. The standard InChI is InChI=1S/C12H16Cl2N2/c13-10-3-2-9(6-11(10)14)12(7-15)4-1-5-16-8-12/h2-3,6,16H,1,4-5,7-8,15H2/t12-/m1/s1. The van der Waals surface area contributed by atoms with Gasteiger partial charge >= 0.3 is 0 Å². The van der Waals surface area contributed by atoms with E-state index in [1.807, 2.05) is 18.2 Å². The maximum Gasteiger partial charge on any atom is 0.0595 e. The van der Waals surface area contributed by atoms with E-state index in [0.29, 0.717) is 16.6 Å². The predicted molar refractivity (Wildman–Crippen MR) is 69.3 cm³/mol. The summed E-state index contributed by atoms with van der Waals surface area (Å²) in [5.41, 5.74) is 7.15. The van der Waals surface area contributed by atoms with Crippen LogP contribution in [0.15, 0.2) is 18.2 Å².